The third kappa shape index (κ3) is 7.22. The van der Waals surface area contributed by atoms with E-state index >= 15 is 0 Å². The summed E-state index contributed by atoms with van der Waals surface area (Å²) in [4.78, 5) is 38.1. The third-order valence-electron chi connectivity index (χ3n) is 5.39. The molecule has 0 radical (unpaired) electrons. The molecule has 3 N–H and O–H groups in total. The number of benzene rings is 4. The van der Waals surface area contributed by atoms with Crippen molar-refractivity contribution in [3.8, 4) is 0 Å². The average molecular weight is 531 g/mol. The Labute approximate surface area is 223 Å². The normalized spacial score (nSPS) is 11.4. The fourth-order valence-electron chi connectivity index (χ4n) is 3.62. The van der Waals surface area contributed by atoms with Crippen LogP contribution in [0.5, 0.6) is 0 Å². The lowest BCUT2D eigenvalue weighted by molar-refractivity contribution is -0.116. The van der Waals surface area contributed by atoms with Crippen LogP contribution in [-0.4, -0.2) is 22.9 Å². The molecule has 0 aliphatic carbocycles. The Bertz CT molecular complexity index is 1410. The predicted molar refractivity (Wildman–Crippen MR) is 147 cm³/mol. The smallest absolute Gasteiger partial charge is 0.335 e. The Balaban J connectivity index is 1.53. The fourth-order valence-corrected chi connectivity index (χ4v) is 4.87. The van der Waals surface area contributed by atoms with Crippen LogP contribution in [0.25, 0.3) is 0 Å². The van der Waals surface area contributed by atoms with Gasteiger partial charge in [0.1, 0.15) is 5.25 Å². The molecule has 2 amide bonds. The summed E-state index contributed by atoms with van der Waals surface area (Å²) in [5, 5.41) is 14.6. The summed E-state index contributed by atoms with van der Waals surface area (Å²) in [6.07, 6.45) is 0.253. The highest BCUT2D eigenvalue weighted by atomic mass is 35.5. The van der Waals surface area contributed by atoms with Gasteiger partial charge < -0.3 is 15.7 Å². The molecule has 0 saturated heterocycles. The molecule has 0 heterocycles. The molecule has 0 spiro atoms. The van der Waals surface area contributed by atoms with Crippen molar-refractivity contribution in [3.63, 3.8) is 0 Å². The molecule has 0 bridgehead atoms. The number of carbonyl (C=O) groups excluding carboxylic acids is 2. The number of aromatic carboxylic acids is 1. The number of carboxylic acid groups (broad SMARTS) is 1. The number of hydrogen-bond acceptors (Lipinski definition) is 4. The van der Waals surface area contributed by atoms with E-state index in [4.69, 9.17) is 11.6 Å². The maximum atomic E-state index is 13.4. The maximum Gasteiger partial charge on any atom is 0.335 e. The van der Waals surface area contributed by atoms with Crippen LogP contribution >= 0.6 is 23.4 Å². The van der Waals surface area contributed by atoms with E-state index in [-0.39, 0.29) is 34.5 Å². The van der Waals surface area contributed by atoms with Gasteiger partial charge in [0.15, 0.2) is 0 Å². The quantitative estimate of drug-likeness (QED) is 0.209. The minimum Gasteiger partial charge on any atom is -0.478 e. The number of anilines is 2. The summed E-state index contributed by atoms with van der Waals surface area (Å²) in [6, 6.07) is 30.1. The van der Waals surface area contributed by atoms with Crippen molar-refractivity contribution in [2.24, 2.45) is 0 Å². The monoisotopic (exact) mass is 530 g/mol. The van der Waals surface area contributed by atoms with Crippen molar-refractivity contribution in [3.05, 3.63) is 125 Å². The van der Waals surface area contributed by atoms with Gasteiger partial charge in [0.05, 0.1) is 22.7 Å². The van der Waals surface area contributed by atoms with Gasteiger partial charge in [-0.25, -0.2) is 4.79 Å². The molecule has 4 aromatic rings. The molecule has 0 aromatic heterocycles. The van der Waals surface area contributed by atoms with Crippen LogP contribution in [0.2, 0.25) is 5.02 Å². The first-order chi connectivity index (χ1) is 17.9. The maximum absolute atomic E-state index is 13.4. The SMILES string of the molecule is O=C(Cc1ccccc1)Nc1cccc(SC(C(=O)Nc2cc(C(=O)O)ccc2Cl)c2ccccc2)c1. The van der Waals surface area contributed by atoms with Crippen LogP contribution in [0.15, 0.2) is 108 Å². The van der Waals surface area contributed by atoms with E-state index < -0.39 is 11.2 Å². The van der Waals surface area contributed by atoms with Crippen LogP contribution < -0.4 is 10.6 Å². The highest BCUT2D eigenvalue weighted by molar-refractivity contribution is 8.00. The van der Waals surface area contributed by atoms with Crippen LogP contribution in [0.1, 0.15) is 26.7 Å². The molecule has 0 saturated carbocycles. The lowest BCUT2D eigenvalue weighted by Gasteiger charge is -2.18. The zero-order valence-corrected chi connectivity index (χ0v) is 21.1. The Hall–Kier alpha value is -4.07. The Morgan fingerprint density at radius 1 is 0.811 bits per heavy atom. The molecule has 1 unspecified atom stereocenters. The Morgan fingerprint density at radius 2 is 1.51 bits per heavy atom. The minimum absolute atomic E-state index is 0.0163. The van der Waals surface area contributed by atoms with Crippen molar-refractivity contribution in [1.29, 1.82) is 0 Å². The van der Waals surface area contributed by atoms with Gasteiger partial charge in [0.2, 0.25) is 11.8 Å². The summed E-state index contributed by atoms with van der Waals surface area (Å²) in [5.41, 5.74) is 2.53. The standard InChI is InChI=1S/C29H23ClN2O4S/c30-24-15-14-21(29(35)36)17-25(24)32-28(34)27(20-10-5-2-6-11-20)37-23-13-7-12-22(18-23)31-26(33)16-19-8-3-1-4-9-19/h1-15,17-18,27H,16H2,(H,31,33)(H,32,34)(H,35,36). The van der Waals surface area contributed by atoms with Gasteiger partial charge in [-0.05, 0) is 47.5 Å². The molecule has 8 heteroatoms. The van der Waals surface area contributed by atoms with Gasteiger partial charge >= 0.3 is 5.97 Å². The van der Waals surface area contributed by atoms with E-state index in [0.29, 0.717) is 5.69 Å². The summed E-state index contributed by atoms with van der Waals surface area (Å²) in [5.74, 6) is -1.62. The highest BCUT2D eigenvalue weighted by Crippen LogP contribution is 2.38. The average Bonchev–Trinajstić information content (AvgIpc) is 2.89. The van der Waals surface area contributed by atoms with E-state index in [0.717, 1.165) is 16.0 Å². The number of halogens is 1. The topological polar surface area (TPSA) is 95.5 Å². The Kier molecular flexibility index (Phi) is 8.61. The molecule has 186 valence electrons. The van der Waals surface area contributed by atoms with Crippen LogP contribution in [0.4, 0.5) is 11.4 Å². The number of amides is 2. The summed E-state index contributed by atoms with van der Waals surface area (Å²) in [6.45, 7) is 0. The largest absolute Gasteiger partial charge is 0.478 e. The van der Waals surface area contributed by atoms with E-state index in [9.17, 15) is 19.5 Å². The van der Waals surface area contributed by atoms with Crippen molar-refractivity contribution < 1.29 is 19.5 Å². The molecule has 0 fully saturated rings. The van der Waals surface area contributed by atoms with Crippen molar-refractivity contribution in [2.75, 3.05) is 10.6 Å². The number of hydrogen-bond donors (Lipinski definition) is 3. The summed E-state index contributed by atoms with van der Waals surface area (Å²) >= 11 is 7.54. The van der Waals surface area contributed by atoms with E-state index in [2.05, 4.69) is 10.6 Å². The first kappa shape index (κ1) is 26.0. The molecule has 4 aromatic carbocycles. The number of carbonyl (C=O) groups is 3. The van der Waals surface area contributed by atoms with E-state index in [1.165, 1.54) is 30.0 Å². The second-order valence-electron chi connectivity index (χ2n) is 8.14. The second-order valence-corrected chi connectivity index (χ2v) is 9.72. The van der Waals surface area contributed by atoms with Gasteiger partial charge in [-0.15, -0.1) is 11.8 Å². The number of thioether (sulfide) groups is 1. The molecule has 0 aliphatic rings. The molecular formula is C29H23ClN2O4S. The van der Waals surface area contributed by atoms with Crippen molar-refractivity contribution >= 4 is 52.5 Å². The molecule has 4 rings (SSSR count). The lowest BCUT2D eigenvalue weighted by Crippen LogP contribution is -2.19. The molecule has 1 atom stereocenters. The molecular weight excluding hydrogens is 508 g/mol. The van der Waals surface area contributed by atoms with Gasteiger partial charge in [0.25, 0.3) is 0 Å². The number of nitrogens with one attached hydrogen (secondary N) is 2. The van der Waals surface area contributed by atoms with Crippen LogP contribution in [-0.2, 0) is 16.0 Å². The van der Waals surface area contributed by atoms with Crippen LogP contribution in [0, 0.1) is 0 Å². The molecule has 37 heavy (non-hydrogen) atoms. The zero-order chi connectivity index (χ0) is 26.2. The van der Waals surface area contributed by atoms with Gasteiger partial charge in [0, 0.05) is 10.6 Å². The van der Waals surface area contributed by atoms with Crippen molar-refractivity contribution in [1.82, 2.24) is 0 Å². The predicted octanol–water partition coefficient (Wildman–Crippen LogP) is 6.69. The minimum atomic E-state index is -1.12. The van der Waals surface area contributed by atoms with Gasteiger partial charge in [-0.2, -0.15) is 0 Å². The summed E-state index contributed by atoms with van der Waals surface area (Å²) < 4.78 is 0. The second kappa shape index (κ2) is 12.3. The highest BCUT2D eigenvalue weighted by Gasteiger charge is 2.23. The Morgan fingerprint density at radius 3 is 2.22 bits per heavy atom. The van der Waals surface area contributed by atoms with E-state index in [1.807, 2.05) is 78.9 Å². The summed E-state index contributed by atoms with van der Waals surface area (Å²) in [7, 11) is 0. The molecule has 0 aliphatic heterocycles. The van der Waals surface area contributed by atoms with Crippen LogP contribution in [0.3, 0.4) is 0 Å². The lowest BCUT2D eigenvalue weighted by atomic mass is 10.1. The van der Waals surface area contributed by atoms with E-state index in [1.54, 1.807) is 6.07 Å². The van der Waals surface area contributed by atoms with Gasteiger partial charge in [-0.1, -0.05) is 78.3 Å². The zero-order valence-electron chi connectivity index (χ0n) is 19.6. The van der Waals surface area contributed by atoms with Gasteiger partial charge in [-0.3, -0.25) is 9.59 Å². The first-order valence-electron chi connectivity index (χ1n) is 11.4. The third-order valence-corrected chi connectivity index (χ3v) is 6.97. The number of rotatable bonds is 9. The fraction of sp³-hybridized carbons (Fsp3) is 0.0690. The first-order valence-corrected chi connectivity index (χ1v) is 12.6. The molecule has 6 nitrogen and oxygen atoms in total. The number of carboxylic acids is 1. The van der Waals surface area contributed by atoms with Crippen molar-refractivity contribution in [2.45, 2.75) is 16.6 Å².